The maximum absolute atomic E-state index is 9.38. The van der Waals surface area contributed by atoms with Crippen LogP contribution in [0.1, 0.15) is 0 Å². The minimum absolute atomic E-state index is 2.18. The highest BCUT2D eigenvalue weighted by Gasteiger charge is 2.11. The van der Waals surface area contributed by atoms with E-state index in [-0.39, 0.29) is 0 Å². The van der Waals surface area contributed by atoms with Crippen LogP contribution < -0.4 is 0 Å². The lowest BCUT2D eigenvalue weighted by Crippen LogP contribution is -2.17. The van der Waals surface area contributed by atoms with Gasteiger partial charge < -0.3 is 10.0 Å². The van der Waals surface area contributed by atoms with Crippen LogP contribution in [0.15, 0.2) is 0 Å². The molecule has 0 radical (unpaired) electrons. The monoisotopic (exact) mass is 126 g/mol. The highest BCUT2D eigenvalue weighted by molar-refractivity contribution is 7.75. The summed E-state index contributed by atoms with van der Waals surface area (Å²) >= 11 is -2.60. The van der Waals surface area contributed by atoms with Gasteiger partial charge in [-0.25, -0.2) is 0 Å². The molecular formula is H3BO5S. The summed E-state index contributed by atoms with van der Waals surface area (Å²) in [6, 6.07) is 0. The number of hydrogen-bond donors (Lipinski definition) is 3. The molecule has 0 rings (SSSR count). The molecule has 1 unspecified atom stereocenters. The summed E-state index contributed by atoms with van der Waals surface area (Å²) in [5.41, 5.74) is 0. The molecule has 0 aliphatic carbocycles. The average molecular weight is 126 g/mol. The van der Waals surface area contributed by atoms with E-state index in [9.17, 15) is 4.21 Å². The third-order valence-corrected chi connectivity index (χ3v) is 0.505. The van der Waals surface area contributed by atoms with Crippen LogP contribution in [0.3, 0.4) is 0 Å². The Morgan fingerprint density at radius 2 is 2.00 bits per heavy atom. The van der Waals surface area contributed by atoms with Gasteiger partial charge in [0.1, 0.15) is 0 Å². The fraction of sp³-hybridized carbons (Fsp3) is 0. The van der Waals surface area contributed by atoms with Gasteiger partial charge in [-0.1, -0.05) is 0 Å². The van der Waals surface area contributed by atoms with E-state index in [1.807, 2.05) is 0 Å². The van der Waals surface area contributed by atoms with Crippen molar-refractivity contribution in [3.63, 3.8) is 0 Å². The van der Waals surface area contributed by atoms with Crippen LogP contribution in [0.5, 0.6) is 0 Å². The molecular weight excluding hydrogens is 123 g/mol. The summed E-state index contributed by atoms with van der Waals surface area (Å²) < 4.78 is 20.4. The van der Waals surface area contributed by atoms with E-state index in [1.165, 1.54) is 0 Å². The van der Waals surface area contributed by atoms with E-state index in [2.05, 4.69) is 4.10 Å². The molecule has 0 heterocycles. The summed E-state index contributed by atoms with van der Waals surface area (Å²) in [5.74, 6) is 0. The quantitative estimate of drug-likeness (QED) is 0.297. The van der Waals surface area contributed by atoms with E-state index in [0.29, 0.717) is 0 Å². The molecule has 0 amide bonds. The largest absolute Gasteiger partial charge is 0.648 e. The van der Waals surface area contributed by atoms with E-state index in [0.717, 1.165) is 0 Å². The third-order valence-electron chi connectivity index (χ3n) is 0.168. The van der Waals surface area contributed by atoms with Crippen LogP contribution in [0, 0.1) is 0 Å². The zero-order chi connectivity index (χ0) is 5.86. The van der Waals surface area contributed by atoms with Gasteiger partial charge in [-0.05, 0) is 0 Å². The maximum Gasteiger partial charge on any atom is 0.648 e. The van der Waals surface area contributed by atoms with Crippen molar-refractivity contribution >= 4 is 18.7 Å². The Kier molecular flexibility index (Phi) is 3.13. The first-order chi connectivity index (χ1) is 3.13. The average Bonchev–Trinajstić information content (AvgIpc) is 1.27. The standard InChI is InChI=1S/BH3O5S/c2-1(3)6-7(4)5/h2-3H,(H,4,5). The van der Waals surface area contributed by atoms with Crippen molar-refractivity contribution in [2.75, 3.05) is 0 Å². The van der Waals surface area contributed by atoms with Crippen LogP contribution in [-0.2, 0) is 15.5 Å². The van der Waals surface area contributed by atoms with Gasteiger partial charge in [0, 0.05) is 0 Å². The molecule has 0 aliphatic heterocycles. The van der Waals surface area contributed by atoms with Crippen LogP contribution in [0.2, 0.25) is 0 Å². The zero-order valence-corrected chi connectivity index (χ0v) is 3.96. The summed E-state index contributed by atoms with van der Waals surface area (Å²) in [6.07, 6.45) is 0. The molecule has 1 atom stereocenters. The summed E-state index contributed by atoms with van der Waals surface area (Å²) in [7, 11) is -2.18. The second kappa shape index (κ2) is 3.11. The lowest BCUT2D eigenvalue weighted by molar-refractivity contribution is 0.286. The van der Waals surface area contributed by atoms with Gasteiger partial charge in [0.25, 0.3) is 11.4 Å². The van der Waals surface area contributed by atoms with Crippen molar-refractivity contribution in [2.24, 2.45) is 0 Å². The molecule has 0 bridgehead atoms. The number of rotatable bonds is 2. The zero-order valence-electron chi connectivity index (χ0n) is 3.14. The third kappa shape index (κ3) is 6.05. The molecule has 0 aromatic rings. The van der Waals surface area contributed by atoms with Crippen LogP contribution in [-0.4, -0.2) is 26.1 Å². The summed E-state index contributed by atoms with van der Waals surface area (Å²) in [5, 5.41) is 15.4. The van der Waals surface area contributed by atoms with Gasteiger partial charge in [0.05, 0.1) is 0 Å². The van der Waals surface area contributed by atoms with Crippen LogP contribution >= 0.6 is 0 Å². The molecule has 0 aromatic heterocycles. The molecule has 3 N–H and O–H groups in total. The Balaban J connectivity index is 3.13. The van der Waals surface area contributed by atoms with Gasteiger partial charge in [0.15, 0.2) is 0 Å². The topological polar surface area (TPSA) is 87.0 Å². The van der Waals surface area contributed by atoms with Gasteiger partial charge in [-0.3, -0.25) is 8.65 Å². The van der Waals surface area contributed by atoms with Gasteiger partial charge in [-0.2, -0.15) is 4.21 Å². The fourth-order valence-electron chi connectivity index (χ4n) is 0.0736. The highest BCUT2D eigenvalue weighted by atomic mass is 32.2. The Labute approximate surface area is 42.6 Å². The van der Waals surface area contributed by atoms with E-state index >= 15 is 0 Å². The molecule has 7 heavy (non-hydrogen) atoms. The molecule has 0 aromatic carbocycles. The van der Waals surface area contributed by atoms with Crippen molar-refractivity contribution in [3.05, 3.63) is 0 Å². The molecule has 0 aliphatic rings. The maximum atomic E-state index is 9.38. The first-order valence-corrected chi connectivity index (χ1v) is 2.30. The molecule has 0 spiro atoms. The van der Waals surface area contributed by atoms with E-state index in [4.69, 9.17) is 14.6 Å². The normalized spacial score (nSPS) is 13.6. The Morgan fingerprint density at radius 3 is 2.00 bits per heavy atom. The molecule has 0 fully saturated rings. The minimum atomic E-state index is -2.60. The highest BCUT2D eigenvalue weighted by Crippen LogP contribution is 1.76. The molecule has 42 valence electrons. The second-order valence-electron chi connectivity index (χ2n) is 0.640. The lowest BCUT2D eigenvalue weighted by Gasteiger charge is -1.89. The fourth-order valence-corrected chi connectivity index (χ4v) is 0.221. The van der Waals surface area contributed by atoms with Crippen molar-refractivity contribution in [1.82, 2.24) is 0 Å². The van der Waals surface area contributed by atoms with Gasteiger partial charge >= 0.3 is 7.32 Å². The lowest BCUT2D eigenvalue weighted by atomic mass is 10.3. The molecule has 0 saturated heterocycles. The SMILES string of the molecule is O=S(O)OB(O)O. The van der Waals surface area contributed by atoms with Crippen molar-refractivity contribution in [1.29, 1.82) is 0 Å². The predicted octanol–water partition coefficient (Wildman–Crippen LogP) is -1.89. The predicted molar refractivity (Wildman–Crippen MR) is 22.0 cm³/mol. The molecule has 0 saturated carbocycles. The Hall–Kier alpha value is 0.0549. The molecule has 7 heteroatoms. The first kappa shape index (κ1) is 7.05. The smallest absolute Gasteiger partial charge is 0.401 e. The van der Waals surface area contributed by atoms with Crippen molar-refractivity contribution in [2.45, 2.75) is 0 Å². The van der Waals surface area contributed by atoms with Crippen molar-refractivity contribution < 1.29 is 22.9 Å². The summed E-state index contributed by atoms with van der Waals surface area (Å²) in [6.45, 7) is 0. The Bertz CT molecular complexity index is 68.5. The Morgan fingerprint density at radius 1 is 1.57 bits per heavy atom. The second-order valence-corrected chi connectivity index (χ2v) is 1.27. The molecule has 5 nitrogen and oxygen atoms in total. The van der Waals surface area contributed by atoms with Crippen molar-refractivity contribution in [3.8, 4) is 0 Å². The van der Waals surface area contributed by atoms with E-state index < -0.39 is 18.7 Å². The van der Waals surface area contributed by atoms with Gasteiger partial charge in [-0.15, -0.1) is 0 Å². The van der Waals surface area contributed by atoms with Crippen LogP contribution in [0.25, 0.3) is 0 Å². The van der Waals surface area contributed by atoms with E-state index in [1.54, 1.807) is 0 Å². The first-order valence-electron chi connectivity index (χ1n) is 1.27. The number of hydrogen-bond acceptors (Lipinski definition) is 4. The van der Waals surface area contributed by atoms with Crippen LogP contribution in [0.4, 0.5) is 0 Å². The summed E-state index contributed by atoms with van der Waals surface area (Å²) in [4.78, 5) is 0. The van der Waals surface area contributed by atoms with Gasteiger partial charge in [0.2, 0.25) is 0 Å². The minimum Gasteiger partial charge on any atom is -0.401 e.